The molecule has 0 fully saturated rings. The molecule has 0 saturated heterocycles. The highest BCUT2D eigenvalue weighted by Crippen LogP contribution is 2.53. The van der Waals surface area contributed by atoms with E-state index in [2.05, 4.69) is 0 Å². The molecule has 2 heterocycles. The maximum atomic E-state index is 13.5. The summed E-state index contributed by atoms with van der Waals surface area (Å²) in [6.45, 7) is 1.02. The number of hydrogen-bond acceptors (Lipinski definition) is 7. The molecule has 0 aromatic heterocycles. The van der Waals surface area contributed by atoms with Gasteiger partial charge in [-0.25, -0.2) is 4.79 Å². The van der Waals surface area contributed by atoms with Gasteiger partial charge in [-0.2, -0.15) is 5.26 Å². The Kier molecular flexibility index (Phi) is 4.12. The van der Waals surface area contributed by atoms with Gasteiger partial charge in [0.1, 0.15) is 29.5 Å². The van der Waals surface area contributed by atoms with E-state index in [1.54, 1.807) is 24.3 Å². The molecule has 1 atom stereocenters. The monoisotopic (exact) mass is 368 g/mol. The first kappa shape index (κ1) is 18.0. The van der Waals surface area contributed by atoms with Gasteiger partial charge in [0.15, 0.2) is 5.41 Å². The van der Waals surface area contributed by atoms with E-state index in [9.17, 15) is 19.6 Å². The van der Waals surface area contributed by atoms with Crippen LogP contribution in [0, 0.1) is 11.3 Å². The zero-order valence-electron chi connectivity index (χ0n) is 14.6. The predicted octanol–water partition coefficient (Wildman–Crippen LogP) is -0.0726. The number of hydrogen-bond donors (Lipinski definition) is 2. The van der Waals surface area contributed by atoms with Crippen LogP contribution in [0.25, 0.3) is 0 Å². The van der Waals surface area contributed by atoms with Gasteiger partial charge in [-0.3, -0.25) is 9.59 Å². The van der Waals surface area contributed by atoms with Gasteiger partial charge in [-0.15, -0.1) is 0 Å². The molecule has 0 saturated carbocycles. The lowest BCUT2D eigenvalue weighted by atomic mass is 9.68. The van der Waals surface area contributed by atoms with Gasteiger partial charge in [0.25, 0.3) is 0 Å². The Morgan fingerprint density at radius 2 is 2.04 bits per heavy atom. The first-order chi connectivity index (χ1) is 12.8. The summed E-state index contributed by atoms with van der Waals surface area (Å²) in [6, 6.07) is 8.37. The maximum absolute atomic E-state index is 13.5. The minimum atomic E-state index is -1.87. The van der Waals surface area contributed by atoms with Crippen LogP contribution in [0.5, 0.6) is 0 Å². The van der Waals surface area contributed by atoms with E-state index in [4.69, 9.17) is 20.9 Å². The summed E-state index contributed by atoms with van der Waals surface area (Å²) in [5, 5.41) is 9.75. The highest BCUT2D eigenvalue weighted by atomic mass is 16.5. The van der Waals surface area contributed by atoms with Crippen molar-refractivity contribution in [2.75, 3.05) is 18.6 Å². The molecule has 2 aliphatic rings. The molecule has 2 amide bonds. The molecule has 3 rings (SSSR count). The van der Waals surface area contributed by atoms with E-state index in [0.717, 1.165) is 12.0 Å². The Labute approximate surface area is 154 Å². The fourth-order valence-corrected chi connectivity index (χ4v) is 3.63. The summed E-state index contributed by atoms with van der Waals surface area (Å²) in [6.07, 6.45) is 0. The van der Waals surface area contributed by atoms with Crippen molar-refractivity contribution >= 4 is 23.5 Å². The van der Waals surface area contributed by atoms with Gasteiger partial charge in [0.2, 0.25) is 17.7 Å². The average molecular weight is 368 g/mol. The number of nitrogens with zero attached hydrogens (tertiary/aromatic N) is 2. The first-order valence-electron chi connectivity index (χ1n) is 7.88. The van der Waals surface area contributed by atoms with Gasteiger partial charge in [0, 0.05) is 11.3 Å². The number of ether oxygens (including phenoxy) is 2. The molecule has 0 radical (unpaired) electrons. The highest BCUT2D eigenvalue weighted by Gasteiger charge is 2.62. The Balaban J connectivity index is 2.44. The van der Waals surface area contributed by atoms with E-state index < -0.39 is 29.7 Å². The smallest absolute Gasteiger partial charge is 0.339 e. The number of allylic oxidation sites excluding steroid dienone is 1. The Morgan fingerprint density at radius 1 is 1.37 bits per heavy atom. The third kappa shape index (κ3) is 2.27. The summed E-state index contributed by atoms with van der Waals surface area (Å²) >= 11 is 0. The number of anilines is 1. The van der Waals surface area contributed by atoms with Crippen LogP contribution in [0.2, 0.25) is 0 Å². The maximum Gasteiger partial charge on any atom is 0.339 e. The fourth-order valence-electron chi connectivity index (χ4n) is 3.63. The SMILES string of the molecule is COC(=O)C1=C(C)OC(N)=C(C#N)[C@]12C(=O)N(CC(N)=O)c1ccccc12. The minimum absolute atomic E-state index is 0.0300. The molecular weight excluding hydrogens is 352 g/mol. The number of nitriles is 1. The van der Waals surface area contributed by atoms with Crippen molar-refractivity contribution < 1.29 is 23.9 Å². The van der Waals surface area contributed by atoms with Gasteiger partial charge in [-0.1, -0.05) is 18.2 Å². The fraction of sp³-hybridized carbons (Fsp3) is 0.222. The van der Waals surface area contributed by atoms with Gasteiger partial charge in [0.05, 0.1) is 7.11 Å². The summed E-state index contributed by atoms with van der Waals surface area (Å²) in [5.41, 5.74) is 9.55. The van der Waals surface area contributed by atoms with Crippen LogP contribution in [-0.4, -0.2) is 31.4 Å². The van der Waals surface area contributed by atoms with Crippen LogP contribution >= 0.6 is 0 Å². The highest BCUT2D eigenvalue weighted by molar-refractivity contribution is 6.19. The largest absolute Gasteiger partial charge is 0.466 e. The summed E-state index contributed by atoms with van der Waals surface area (Å²) < 4.78 is 10.2. The van der Waals surface area contributed by atoms with Crippen molar-refractivity contribution in [2.24, 2.45) is 11.5 Å². The van der Waals surface area contributed by atoms with Crippen molar-refractivity contribution in [3.8, 4) is 6.07 Å². The third-order valence-corrected chi connectivity index (χ3v) is 4.59. The zero-order chi connectivity index (χ0) is 19.9. The summed E-state index contributed by atoms with van der Waals surface area (Å²) in [5.74, 6) is -2.57. The quantitative estimate of drug-likeness (QED) is 0.709. The third-order valence-electron chi connectivity index (χ3n) is 4.59. The second-order valence-corrected chi connectivity index (χ2v) is 6.00. The molecule has 1 aromatic carbocycles. The predicted molar refractivity (Wildman–Crippen MR) is 92.3 cm³/mol. The molecule has 0 unspecified atom stereocenters. The average Bonchev–Trinajstić information content (AvgIpc) is 2.85. The number of nitrogens with two attached hydrogens (primary N) is 2. The Bertz CT molecular complexity index is 988. The number of rotatable bonds is 3. The van der Waals surface area contributed by atoms with E-state index in [1.165, 1.54) is 6.92 Å². The number of esters is 1. The molecule has 9 nitrogen and oxygen atoms in total. The number of carbonyl (C=O) groups is 3. The molecule has 1 aromatic rings. The molecule has 138 valence electrons. The molecule has 0 bridgehead atoms. The molecule has 2 aliphatic heterocycles. The summed E-state index contributed by atoms with van der Waals surface area (Å²) in [7, 11) is 1.15. The molecule has 1 spiro atoms. The minimum Gasteiger partial charge on any atom is -0.466 e. The molecular formula is C18H16N4O5. The molecule has 0 aliphatic carbocycles. The standard InChI is InChI=1S/C18H16N4O5/c1-9-14(16(24)26-2)18(11(7-19)15(21)27-9)10-5-3-4-6-12(10)22(17(18)25)8-13(20)23/h3-6H,8,21H2,1-2H3,(H2,20,23)/t18-/m0/s1. The van der Waals surface area contributed by atoms with Crippen LogP contribution in [0.15, 0.2) is 47.1 Å². The molecule has 27 heavy (non-hydrogen) atoms. The zero-order valence-corrected chi connectivity index (χ0v) is 14.6. The van der Waals surface area contributed by atoms with Crippen LogP contribution in [-0.2, 0) is 29.3 Å². The number of para-hydroxylation sites is 1. The number of amides is 2. The normalized spacial score (nSPS) is 21.1. The lowest BCUT2D eigenvalue weighted by Gasteiger charge is -2.34. The van der Waals surface area contributed by atoms with Crippen molar-refractivity contribution in [1.82, 2.24) is 0 Å². The van der Waals surface area contributed by atoms with Gasteiger partial charge >= 0.3 is 5.97 Å². The topological polar surface area (TPSA) is 149 Å². The molecule has 4 N–H and O–H groups in total. The lowest BCUT2D eigenvalue weighted by Crippen LogP contribution is -2.49. The van der Waals surface area contributed by atoms with Crippen molar-refractivity contribution in [3.05, 3.63) is 52.6 Å². The van der Waals surface area contributed by atoms with Crippen LogP contribution in [0.3, 0.4) is 0 Å². The Morgan fingerprint density at radius 3 is 2.63 bits per heavy atom. The second kappa shape index (κ2) is 6.17. The van der Waals surface area contributed by atoms with E-state index in [1.807, 2.05) is 6.07 Å². The van der Waals surface area contributed by atoms with E-state index in [0.29, 0.717) is 11.3 Å². The van der Waals surface area contributed by atoms with Crippen molar-refractivity contribution in [1.29, 1.82) is 5.26 Å². The van der Waals surface area contributed by atoms with Crippen LogP contribution < -0.4 is 16.4 Å². The first-order valence-corrected chi connectivity index (χ1v) is 7.88. The van der Waals surface area contributed by atoms with Crippen LogP contribution in [0.1, 0.15) is 12.5 Å². The van der Waals surface area contributed by atoms with Crippen molar-refractivity contribution in [3.63, 3.8) is 0 Å². The van der Waals surface area contributed by atoms with Gasteiger partial charge < -0.3 is 25.8 Å². The van der Waals surface area contributed by atoms with Crippen molar-refractivity contribution in [2.45, 2.75) is 12.3 Å². The number of primary amides is 1. The number of carbonyl (C=O) groups excluding carboxylic acids is 3. The number of methoxy groups -OCH3 is 1. The second-order valence-electron chi connectivity index (χ2n) is 6.00. The summed E-state index contributed by atoms with van der Waals surface area (Å²) in [4.78, 5) is 38.8. The number of benzene rings is 1. The van der Waals surface area contributed by atoms with E-state index in [-0.39, 0.29) is 22.8 Å². The number of fused-ring (bicyclic) bond motifs is 2. The van der Waals surface area contributed by atoms with Crippen LogP contribution in [0.4, 0.5) is 5.69 Å². The lowest BCUT2D eigenvalue weighted by molar-refractivity contribution is -0.138. The van der Waals surface area contributed by atoms with E-state index >= 15 is 0 Å². The molecule has 9 heteroatoms. The Hall–Kier alpha value is -3.80. The van der Waals surface area contributed by atoms with Gasteiger partial charge in [-0.05, 0) is 13.0 Å².